The van der Waals surface area contributed by atoms with Gasteiger partial charge >= 0.3 is 23.5 Å². The third-order valence-electron chi connectivity index (χ3n) is 4.77. The molecular weight excluding hydrogens is 509 g/mol. The van der Waals surface area contributed by atoms with Crippen molar-refractivity contribution in [3.63, 3.8) is 0 Å². The number of phosphoric ester groups is 1. The largest absolute Gasteiger partial charge is 0.490 e. The van der Waals surface area contributed by atoms with Gasteiger partial charge < -0.3 is 35.2 Å². The van der Waals surface area contributed by atoms with Crippen molar-refractivity contribution >= 4 is 34.7 Å². The molecule has 3 heterocycles. The number of aromatic nitrogens is 2. The number of nitrogen functional groups attached to an aromatic ring is 1. The van der Waals surface area contributed by atoms with Crippen LogP contribution in [-0.4, -0.2) is 53.1 Å². The fraction of sp³-hybridized carbons (Fsp3) is 0.429. The summed E-state index contributed by atoms with van der Waals surface area (Å²) in [6.07, 6.45) is -2.68. The minimum atomic E-state index is -5.71. The third-order valence-corrected chi connectivity index (χ3v) is 8.57. The number of fused-ring (bicyclic) bond motifs is 1. The maximum atomic E-state index is 11.9. The molecule has 0 bridgehead atoms. The second-order valence-electron chi connectivity index (χ2n) is 7.12. The number of hydrogen-bond donors (Lipinski definition) is 6. The topological polar surface area (TPSA) is 256 Å². The summed E-state index contributed by atoms with van der Waals surface area (Å²) < 4.78 is 52.9. The molecule has 0 aliphatic carbocycles. The van der Waals surface area contributed by atoms with Crippen molar-refractivity contribution in [2.45, 2.75) is 25.2 Å². The molecule has 0 spiro atoms. The lowest BCUT2D eigenvalue weighted by Crippen LogP contribution is -2.36. The Morgan fingerprint density at radius 3 is 2.48 bits per heavy atom. The van der Waals surface area contributed by atoms with Crippen molar-refractivity contribution in [3.8, 4) is 6.07 Å². The number of rotatable bonds is 8. The Kier molecular flexibility index (Phi) is 6.94. The van der Waals surface area contributed by atoms with E-state index in [-0.39, 0.29) is 0 Å². The third kappa shape index (κ3) is 5.52. The smallest absolute Gasteiger partial charge is 0.397 e. The number of nitrogens with two attached hydrogens (primary N) is 1. The first kappa shape index (κ1) is 25.9. The number of phosphoric acid groups is 3. The number of aliphatic hydroxyl groups excluding tert-OH is 1. The Morgan fingerprint density at radius 2 is 1.88 bits per heavy atom. The second-order valence-corrected chi connectivity index (χ2v) is 11.5. The molecule has 0 saturated carbocycles. The quantitative estimate of drug-likeness (QED) is 0.256. The predicted molar refractivity (Wildman–Crippen MR) is 107 cm³/mol. The van der Waals surface area contributed by atoms with E-state index < -0.39 is 53.8 Å². The van der Waals surface area contributed by atoms with Gasteiger partial charge in [-0.05, 0) is 25.1 Å². The molecule has 0 radical (unpaired) electrons. The SMILES string of the molecule is C[C@@]1(C#N)[C@H](O)[C@@H](COP(=O)(O)OP(=O)(O)OP(=O)(O)O)O[C@H]1c1ccc2c(N)ccnn12. The molecular formula is C14H19N4O12P3. The average Bonchev–Trinajstić information content (AvgIpc) is 3.18. The van der Waals surface area contributed by atoms with Gasteiger partial charge in [-0.1, -0.05) is 0 Å². The van der Waals surface area contributed by atoms with Gasteiger partial charge in [0.1, 0.15) is 23.7 Å². The van der Waals surface area contributed by atoms with E-state index in [4.69, 9.17) is 20.3 Å². The Hall–Kier alpha value is -1.69. The molecule has 19 heteroatoms. The van der Waals surface area contributed by atoms with E-state index in [1.54, 1.807) is 18.2 Å². The molecule has 0 amide bonds. The lowest BCUT2D eigenvalue weighted by molar-refractivity contribution is -0.0236. The Morgan fingerprint density at radius 1 is 1.21 bits per heavy atom. The van der Waals surface area contributed by atoms with Gasteiger partial charge in [0.15, 0.2) is 0 Å². The molecule has 1 aliphatic heterocycles. The van der Waals surface area contributed by atoms with Crippen LogP contribution in [-0.2, 0) is 31.6 Å². The lowest BCUT2D eigenvalue weighted by atomic mass is 9.79. The van der Waals surface area contributed by atoms with E-state index in [0.717, 1.165) is 0 Å². The summed E-state index contributed by atoms with van der Waals surface area (Å²) in [4.78, 5) is 35.9. The van der Waals surface area contributed by atoms with Crippen LogP contribution in [0.25, 0.3) is 5.52 Å². The van der Waals surface area contributed by atoms with Gasteiger partial charge in [-0.2, -0.15) is 19.0 Å². The molecule has 2 aromatic rings. The molecule has 2 unspecified atom stereocenters. The zero-order valence-electron chi connectivity index (χ0n) is 16.6. The first-order chi connectivity index (χ1) is 15.1. The van der Waals surface area contributed by atoms with Crippen LogP contribution in [0.15, 0.2) is 24.4 Å². The number of nitriles is 1. The highest BCUT2D eigenvalue weighted by atomic mass is 31.3. The normalized spacial score (nSPS) is 29.4. The van der Waals surface area contributed by atoms with Crippen LogP contribution < -0.4 is 5.73 Å². The van der Waals surface area contributed by atoms with Gasteiger partial charge in [0.25, 0.3) is 0 Å². The number of ether oxygens (including phenoxy) is 1. The monoisotopic (exact) mass is 528 g/mol. The van der Waals surface area contributed by atoms with Crippen LogP contribution in [0.4, 0.5) is 5.69 Å². The van der Waals surface area contributed by atoms with E-state index >= 15 is 0 Å². The molecule has 2 aromatic heterocycles. The van der Waals surface area contributed by atoms with Gasteiger partial charge in [-0.15, -0.1) is 0 Å². The van der Waals surface area contributed by atoms with E-state index in [2.05, 4.69) is 18.2 Å². The minimum absolute atomic E-state index is 0.334. The molecule has 1 fully saturated rings. The highest BCUT2D eigenvalue weighted by molar-refractivity contribution is 7.66. The van der Waals surface area contributed by atoms with Gasteiger partial charge in [-0.25, -0.2) is 18.2 Å². The van der Waals surface area contributed by atoms with Gasteiger partial charge in [0.05, 0.1) is 29.6 Å². The molecule has 33 heavy (non-hydrogen) atoms. The van der Waals surface area contributed by atoms with Crippen LogP contribution in [0.3, 0.4) is 0 Å². The van der Waals surface area contributed by atoms with E-state index in [1.807, 2.05) is 6.07 Å². The van der Waals surface area contributed by atoms with Gasteiger partial charge in [0, 0.05) is 6.20 Å². The molecule has 1 saturated heterocycles. The summed E-state index contributed by atoms with van der Waals surface area (Å²) in [6, 6.07) is 6.68. The second kappa shape index (κ2) is 8.83. The number of aliphatic hydroxyl groups is 1. The molecule has 16 nitrogen and oxygen atoms in total. The molecule has 3 rings (SSSR count). The Bertz CT molecular complexity index is 1240. The first-order valence-corrected chi connectivity index (χ1v) is 13.4. The van der Waals surface area contributed by atoms with Crippen LogP contribution in [0.1, 0.15) is 18.7 Å². The minimum Gasteiger partial charge on any atom is -0.397 e. The van der Waals surface area contributed by atoms with E-state index in [9.17, 15) is 33.9 Å². The molecule has 7 N–H and O–H groups in total. The van der Waals surface area contributed by atoms with Crippen LogP contribution >= 0.6 is 23.5 Å². The number of hydrogen-bond acceptors (Lipinski definition) is 11. The summed E-state index contributed by atoms with van der Waals surface area (Å²) in [7, 11) is -16.7. The molecule has 6 atom stereocenters. The fourth-order valence-corrected chi connectivity index (χ4v) is 6.32. The maximum absolute atomic E-state index is 11.9. The Balaban J connectivity index is 1.79. The van der Waals surface area contributed by atoms with E-state index in [0.29, 0.717) is 16.9 Å². The van der Waals surface area contributed by atoms with Crippen molar-refractivity contribution in [1.29, 1.82) is 5.26 Å². The van der Waals surface area contributed by atoms with Gasteiger partial charge in [0.2, 0.25) is 0 Å². The van der Waals surface area contributed by atoms with Crippen molar-refractivity contribution in [2.75, 3.05) is 12.3 Å². The molecule has 1 aliphatic rings. The maximum Gasteiger partial charge on any atom is 0.490 e. The Labute approximate surface area is 185 Å². The molecule has 182 valence electrons. The highest BCUT2D eigenvalue weighted by Gasteiger charge is 2.56. The summed E-state index contributed by atoms with van der Waals surface area (Å²) in [5.41, 5.74) is 5.53. The zero-order chi connectivity index (χ0) is 24.8. The van der Waals surface area contributed by atoms with Crippen molar-refractivity contribution in [2.24, 2.45) is 5.41 Å². The summed E-state index contributed by atoms with van der Waals surface area (Å²) >= 11 is 0. The highest BCUT2D eigenvalue weighted by Crippen LogP contribution is 2.66. The average molecular weight is 528 g/mol. The van der Waals surface area contributed by atoms with Crippen molar-refractivity contribution < 1.29 is 56.3 Å². The van der Waals surface area contributed by atoms with Crippen LogP contribution in [0.5, 0.6) is 0 Å². The predicted octanol–water partition coefficient (Wildman–Crippen LogP) is 0.590. The summed E-state index contributed by atoms with van der Waals surface area (Å²) in [5.74, 6) is 0. The first-order valence-electron chi connectivity index (χ1n) is 8.84. The van der Waals surface area contributed by atoms with E-state index in [1.165, 1.54) is 17.6 Å². The fourth-order valence-electron chi connectivity index (χ4n) is 3.29. The standard InChI is InChI=1S/C14H19N4O12P3/c1-14(7-15)12(19)11(6-27-32(23,24)30-33(25,26)29-31(20,21)22)28-13(14)10-3-2-9-8(16)4-5-17-18(9)10/h2-5,11-13,19H,6,16H2,1H3,(H,23,24)(H,25,26)(H2,20,21,22)/t11-,12-,13+,14-/m1/s1. The van der Waals surface area contributed by atoms with Crippen LogP contribution in [0, 0.1) is 16.7 Å². The van der Waals surface area contributed by atoms with Gasteiger partial charge in [-0.3, -0.25) is 4.52 Å². The van der Waals surface area contributed by atoms with Crippen molar-refractivity contribution in [3.05, 3.63) is 30.1 Å². The summed E-state index contributed by atoms with van der Waals surface area (Å²) in [5, 5.41) is 24.5. The van der Waals surface area contributed by atoms with Crippen LogP contribution in [0.2, 0.25) is 0 Å². The zero-order valence-corrected chi connectivity index (χ0v) is 19.3. The number of anilines is 1. The molecule has 0 aromatic carbocycles. The number of nitrogens with zero attached hydrogens (tertiary/aromatic N) is 3. The summed E-state index contributed by atoms with van der Waals surface area (Å²) in [6.45, 7) is 0.455. The van der Waals surface area contributed by atoms with Crippen molar-refractivity contribution in [1.82, 2.24) is 9.61 Å². The lowest BCUT2D eigenvalue weighted by Gasteiger charge is -2.24.